The standard InChI is InChI=1S/C31H36N2O3/c1-35-30(34)18-26-9-3-4-11-29(26)36-20-24-15-27(25-10-7-8-23(14-25)19-32)17-28(16-24)33-21-31(22-33)12-5-2-6-13-31/h3-4,7-11,14-17H,2,5-6,12-13,18-22,32H2,1H3. The molecule has 0 radical (unpaired) electrons. The molecule has 5 nitrogen and oxygen atoms in total. The molecule has 1 aliphatic carbocycles. The molecule has 0 atom stereocenters. The number of nitrogens with zero attached hydrogens (tertiary/aromatic N) is 1. The highest BCUT2D eigenvalue weighted by molar-refractivity contribution is 5.73. The van der Waals surface area contributed by atoms with Crippen molar-refractivity contribution in [3.05, 3.63) is 83.4 Å². The second-order valence-electron chi connectivity index (χ2n) is 10.4. The number of nitrogens with two attached hydrogens (primary N) is 1. The van der Waals surface area contributed by atoms with Crippen molar-refractivity contribution in [2.75, 3.05) is 25.1 Å². The molecule has 0 bridgehead atoms. The van der Waals surface area contributed by atoms with E-state index in [9.17, 15) is 4.79 Å². The third-order valence-electron chi connectivity index (χ3n) is 7.73. The van der Waals surface area contributed by atoms with E-state index < -0.39 is 0 Å². The van der Waals surface area contributed by atoms with Gasteiger partial charge in [0.2, 0.25) is 0 Å². The van der Waals surface area contributed by atoms with Gasteiger partial charge in [0.25, 0.3) is 0 Å². The fourth-order valence-electron chi connectivity index (χ4n) is 5.73. The molecule has 2 N–H and O–H groups in total. The Hall–Kier alpha value is -3.31. The maximum Gasteiger partial charge on any atom is 0.310 e. The first kappa shape index (κ1) is 24.4. The van der Waals surface area contributed by atoms with Crippen LogP contribution in [0.15, 0.2) is 66.7 Å². The first-order chi connectivity index (χ1) is 17.6. The number of methoxy groups -OCH3 is 1. The van der Waals surface area contributed by atoms with Crippen molar-refractivity contribution in [2.24, 2.45) is 11.1 Å². The molecule has 2 fully saturated rings. The summed E-state index contributed by atoms with van der Waals surface area (Å²) in [6, 6.07) is 22.9. The fraction of sp³-hybridized carbons (Fsp3) is 0.387. The summed E-state index contributed by atoms with van der Waals surface area (Å²) in [5.41, 5.74) is 13.1. The molecule has 1 heterocycles. The molecular formula is C31H36N2O3. The molecule has 1 saturated carbocycles. The van der Waals surface area contributed by atoms with Gasteiger partial charge in [-0.05, 0) is 65.4 Å². The lowest BCUT2D eigenvalue weighted by molar-refractivity contribution is -0.139. The summed E-state index contributed by atoms with van der Waals surface area (Å²) in [5, 5.41) is 0. The van der Waals surface area contributed by atoms with Crippen LogP contribution in [0.25, 0.3) is 11.1 Å². The lowest BCUT2D eigenvalue weighted by atomic mass is 9.68. The van der Waals surface area contributed by atoms with E-state index in [2.05, 4.69) is 47.4 Å². The summed E-state index contributed by atoms with van der Waals surface area (Å²) in [5.74, 6) is 0.439. The average molecular weight is 485 g/mol. The number of anilines is 1. The van der Waals surface area contributed by atoms with Crippen LogP contribution >= 0.6 is 0 Å². The minimum atomic E-state index is -0.274. The number of benzene rings is 3. The van der Waals surface area contributed by atoms with Gasteiger partial charge in [-0.2, -0.15) is 0 Å². The van der Waals surface area contributed by atoms with Crippen molar-refractivity contribution < 1.29 is 14.3 Å². The lowest BCUT2D eigenvalue weighted by Crippen LogP contribution is -2.57. The maximum absolute atomic E-state index is 11.9. The maximum atomic E-state index is 11.9. The molecule has 3 aromatic rings. The summed E-state index contributed by atoms with van der Waals surface area (Å²) in [7, 11) is 1.41. The minimum Gasteiger partial charge on any atom is -0.489 e. The molecule has 188 valence electrons. The first-order valence-corrected chi connectivity index (χ1v) is 13.0. The molecule has 3 aromatic carbocycles. The topological polar surface area (TPSA) is 64.8 Å². The lowest BCUT2D eigenvalue weighted by Gasteiger charge is -2.53. The first-order valence-electron chi connectivity index (χ1n) is 13.0. The molecule has 1 saturated heterocycles. The van der Waals surface area contributed by atoms with Gasteiger partial charge in [0.1, 0.15) is 12.4 Å². The van der Waals surface area contributed by atoms with Gasteiger partial charge in [-0.3, -0.25) is 4.79 Å². The van der Waals surface area contributed by atoms with Gasteiger partial charge < -0.3 is 20.1 Å². The van der Waals surface area contributed by atoms with E-state index in [0.29, 0.717) is 24.3 Å². The Morgan fingerprint density at radius 2 is 1.69 bits per heavy atom. The van der Waals surface area contributed by atoms with Gasteiger partial charge in [0.15, 0.2) is 0 Å². The van der Waals surface area contributed by atoms with Crippen LogP contribution in [-0.4, -0.2) is 26.2 Å². The highest BCUT2D eigenvalue weighted by Gasteiger charge is 2.43. The van der Waals surface area contributed by atoms with Crippen LogP contribution in [-0.2, 0) is 29.1 Å². The van der Waals surface area contributed by atoms with Crippen molar-refractivity contribution in [2.45, 2.75) is 51.7 Å². The van der Waals surface area contributed by atoms with E-state index in [1.54, 1.807) is 0 Å². The Bertz CT molecular complexity index is 1210. The zero-order valence-corrected chi connectivity index (χ0v) is 21.2. The zero-order valence-electron chi connectivity index (χ0n) is 21.2. The van der Waals surface area contributed by atoms with Gasteiger partial charge in [0, 0.05) is 36.3 Å². The van der Waals surface area contributed by atoms with E-state index in [4.69, 9.17) is 15.2 Å². The van der Waals surface area contributed by atoms with Crippen LogP contribution in [0.1, 0.15) is 48.8 Å². The van der Waals surface area contributed by atoms with Gasteiger partial charge in [-0.15, -0.1) is 0 Å². The van der Waals surface area contributed by atoms with Crippen LogP contribution < -0.4 is 15.4 Å². The minimum absolute atomic E-state index is 0.194. The van der Waals surface area contributed by atoms with Crippen molar-refractivity contribution in [1.82, 2.24) is 0 Å². The molecule has 0 unspecified atom stereocenters. The highest BCUT2D eigenvalue weighted by Crippen LogP contribution is 2.46. The molecule has 0 amide bonds. The Morgan fingerprint density at radius 3 is 2.47 bits per heavy atom. The van der Waals surface area contributed by atoms with E-state index in [1.165, 1.54) is 56.0 Å². The van der Waals surface area contributed by atoms with E-state index >= 15 is 0 Å². The Balaban J connectivity index is 1.41. The number of rotatable bonds is 8. The second kappa shape index (κ2) is 10.8. The van der Waals surface area contributed by atoms with Crippen LogP contribution in [0.2, 0.25) is 0 Å². The van der Waals surface area contributed by atoms with Crippen molar-refractivity contribution in [1.29, 1.82) is 0 Å². The number of carbonyl (C=O) groups excluding carboxylic acids is 1. The van der Waals surface area contributed by atoms with E-state index in [-0.39, 0.29) is 12.4 Å². The largest absolute Gasteiger partial charge is 0.489 e. The molecule has 1 aliphatic heterocycles. The van der Waals surface area contributed by atoms with Gasteiger partial charge in [-0.1, -0.05) is 55.7 Å². The Labute approximate surface area is 214 Å². The quantitative estimate of drug-likeness (QED) is 0.405. The van der Waals surface area contributed by atoms with Crippen molar-refractivity contribution in [3.63, 3.8) is 0 Å². The Kier molecular flexibility index (Phi) is 7.28. The van der Waals surface area contributed by atoms with Crippen molar-refractivity contribution in [3.8, 4) is 16.9 Å². The smallest absolute Gasteiger partial charge is 0.310 e. The van der Waals surface area contributed by atoms with Crippen LogP contribution in [0.4, 0.5) is 5.69 Å². The molecule has 2 aliphatic rings. The SMILES string of the molecule is COC(=O)Cc1ccccc1OCc1cc(-c2cccc(CN)c2)cc(N2CC3(CCCCC3)C2)c1. The van der Waals surface area contributed by atoms with Crippen LogP contribution in [0.3, 0.4) is 0 Å². The average Bonchev–Trinajstić information content (AvgIpc) is 2.91. The third-order valence-corrected chi connectivity index (χ3v) is 7.73. The summed E-state index contributed by atoms with van der Waals surface area (Å²) in [6.45, 7) is 3.23. The van der Waals surface area contributed by atoms with Gasteiger partial charge >= 0.3 is 5.97 Å². The van der Waals surface area contributed by atoms with E-state index in [1.807, 2.05) is 24.3 Å². The predicted octanol–water partition coefficient (Wildman–Crippen LogP) is 5.88. The number of hydrogen-bond acceptors (Lipinski definition) is 5. The number of para-hydroxylation sites is 1. The second-order valence-corrected chi connectivity index (χ2v) is 10.4. The molecule has 5 rings (SSSR count). The third kappa shape index (κ3) is 5.41. The van der Waals surface area contributed by atoms with Crippen LogP contribution in [0.5, 0.6) is 5.75 Å². The molecular weight excluding hydrogens is 448 g/mol. The summed E-state index contributed by atoms with van der Waals surface area (Å²) in [6.07, 6.45) is 7.02. The highest BCUT2D eigenvalue weighted by atomic mass is 16.5. The van der Waals surface area contributed by atoms with Crippen molar-refractivity contribution >= 4 is 11.7 Å². The Morgan fingerprint density at radius 1 is 0.917 bits per heavy atom. The summed E-state index contributed by atoms with van der Waals surface area (Å²) >= 11 is 0. The molecule has 1 spiro atoms. The molecule has 0 aromatic heterocycles. The summed E-state index contributed by atoms with van der Waals surface area (Å²) < 4.78 is 11.1. The number of ether oxygens (including phenoxy) is 2. The van der Waals surface area contributed by atoms with E-state index in [0.717, 1.165) is 29.8 Å². The fourth-order valence-corrected chi connectivity index (χ4v) is 5.73. The molecule has 36 heavy (non-hydrogen) atoms. The number of hydrogen-bond donors (Lipinski definition) is 1. The van der Waals surface area contributed by atoms with Gasteiger partial charge in [-0.25, -0.2) is 0 Å². The predicted molar refractivity (Wildman–Crippen MR) is 144 cm³/mol. The monoisotopic (exact) mass is 484 g/mol. The number of esters is 1. The zero-order chi connectivity index (χ0) is 25.0. The molecule has 5 heteroatoms. The summed E-state index contributed by atoms with van der Waals surface area (Å²) in [4.78, 5) is 14.4. The van der Waals surface area contributed by atoms with Gasteiger partial charge in [0.05, 0.1) is 13.5 Å². The van der Waals surface area contributed by atoms with Crippen LogP contribution in [0, 0.1) is 5.41 Å². The normalized spacial score (nSPS) is 16.4. The number of carbonyl (C=O) groups is 1.